The summed E-state index contributed by atoms with van der Waals surface area (Å²) in [6.07, 6.45) is 4.71. The minimum absolute atomic E-state index is 0.0800. The molecule has 0 amide bonds. The zero-order valence-corrected chi connectivity index (χ0v) is 8.59. The van der Waals surface area contributed by atoms with Gasteiger partial charge in [0.05, 0.1) is 5.70 Å². The van der Waals surface area contributed by atoms with Gasteiger partial charge in [-0.25, -0.2) is 0 Å². The number of carbonyl (C=O) groups is 2. The van der Waals surface area contributed by atoms with E-state index in [-0.39, 0.29) is 11.6 Å². The second-order valence-corrected chi connectivity index (χ2v) is 3.34. The number of hydrogen-bond acceptors (Lipinski definition) is 3. The third kappa shape index (κ3) is 2.31. The quantitative estimate of drug-likeness (QED) is 0.541. The van der Waals surface area contributed by atoms with E-state index < -0.39 is 0 Å². The maximum absolute atomic E-state index is 11.4. The molecule has 1 aliphatic rings. The minimum atomic E-state index is -0.0989. The van der Waals surface area contributed by atoms with Crippen LogP contribution in [-0.2, 0) is 9.59 Å². The van der Waals surface area contributed by atoms with Crippen molar-refractivity contribution in [2.45, 2.75) is 26.7 Å². The first-order valence-corrected chi connectivity index (χ1v) is 4.88. The third-order valence-electron chi connectivity index (χ3n) is 2.21. The minimum Gasteiger partial charge on any atom is -0.382 e. The SMILES string of the molecule is CCCCNC1=C(C)C(=O)C=CC1=O. The Morgan fingerprint density at radius 1 is 1.21 bits per heavy atom. The summed E-state index contributed by atoms with van der Waals surface area (Å²) >= 11 is 0. The second kappa shape index (κ2) is 4.74. The van der Waals surface area contributed by atoms with E-state index in [0.717, 1.165) is 19.4 Å². The molecular weight excluding hydrogens is 178 g/mol. The van der Waals surface area contributed by atoms with E-state index in [2.05, 4.69) is 12.2 Å². The summed E-state index contributed by atoms with van der Waals surface area (Å²) in [7, 11) is 0. The monoisotopic (exact) mass is 193 g/mol. The Balaban J connectivity index is 2.68. The van der Waals surface area contributed by atoms with E-state index >= 15 is 0 Å². The highest BCUT2D eigenvalue weighted by Crippen LogP contribution is 2.10. The molecule has 76 valence electrons. The molecule has 0 heterocycles. The largest absolute Gasteiger partial charge is 0.382 e. The number of unbranched alkanes of at least 4 members (excludes halogenated alkanes) is 1. The van der Waals surface area contributed by atoms with E-state index in [0.29, 0.717) is 11.3 Å². The summed E-state index contributed by atoms with van der Waals surface area (Å²) < 4.78 is 0. The molecule has 0 aromatic heterocycles. The molecule has 0 fully saturated rings. The van der Waals surface area contributed by atoms with Gasteiger partial charge in [0.2, 0.25) is 5.78 Å². The summed E-state index contributed by atoms with van der Waals surface area (Å²) in [4.78, 5) is 22.6. The molecule has 0 unspecified atom stereocenters. The van der Waals surface area contributed by atoms with Gasteiger partial charge < -0.3 is 5.32 Å². The molecule has 1 N–H and O–H groups in total. The fraction of sp³-hybridized carbons (Fsp3) is 0.455. The first-order valence-electron chi connectivity index (χ1n) is 4.88. The number of allylic oxidation sites excluding steroid dienone is 3. The van der Waals surface area contributed by atoms with Crippen LogP contribution in [0.2, 0.25) is 0 Å². The van der Waals surface area contributed by atoms with Gasteiger partial charge >= 0.3 is 0 Å². The zero-order valence-electron chi connectivity index (χ0n) is 8.59. The van der Waals surface area contributed by atoms with Crippen molar-refractivity contribution in [3.8, 4) is 0 Å². The van der Waals surface area contributed by atoms with Gasteiger partial charge in [0.25, 0.3) is 0 Å². The molecule has 0 bridgehead atoms. The van der Waals surface area contributed by atoms with Crippen molar-refractivity contribution in [1.29, 1.82) is 0 Å². The van der Waals surface area contributed by atoms with Crippen LogP contribution in [0.15, 0.2) is 23.4 Å². The summed E-state index contributed by atoms with van der Waals surface area (Å²) in [6.45, 7) is 4.50. The van der Waals surface area contributed by atoms with Crippen LogP contribution < -0.4 is 5.32 Å². The molecule has 0 saturated carbocycles. The highest BCUT2D eigenvalue weighted by Gasteiger charge is 2.18. The van der Waals surface area contributed by atoms with Gasteiger partial charge in [-0.05, 0) is 25.5 Å². The summed E-state index contributed by atoms with van der Waals surface area (Å²) in [6, 6.07) is 0. The van der Waals surface area contributed by atoms with Crippen molar-refractivity contribution < 1.29 is 9.59 Å². The van der Waals surface area contributed by atoms with Crippen LogP contribution >= 0.6 is 0 Å². The van der Waals surface area contributed by atoms with Crippen LogP contribution in [0.4, 0.5) is 0 Å². The first kappa shape index (κ1) is 10.7. The van der Waals surface area contributed by atoms with E-state index in [4.69, 9.17) is 0 Å². The summed E-state index contributed by atoms with van der Waals surface area (Å²) in [5, 5.41) is 3.01. The Kier molecular flexibility index (Phi) is 3.63. The average molecular weight is 193 g/mol. The molecule has 14 heavy (non-hydrogen) atoms. The number of ketones is 2. The van der Waals surface area contributed by atoms with Gasteiger partial charge in [-0.15, -0.1) is 0 Å². The normalized spacial score (nSPS) is 16.4. The Hall–Kier alpha value is -1.38. The van der Waals surface area contributed by atoms with Crippen LogP contribution in [0.1, 0.15) is 26.7 Å². The Morgan fingerprint density at radius 2 is 1.86 bits per heavy atom. The van der Waals surface area contributed by atoms with Crippen molar-refractivity contribution in [3.63, 3.8) is 0 Å². The van der Waals surface area contributed by atoms with Gasteiger partial charge in [-0.3, -0.25) is 9.59 Å². The highest BCUT2D eigenvalue weighted by atomic mass is 16.1. The van der Waals surface area contributed by atoms with Crippen molar-refractivity contribution in [1.82, 2.24) is 5.32 Å². The maximum atomic E-state index is 11.4. The lowest BCUT2D eigenvalue weighted by molar-refractivity contribution is -0.115. The standard InChI is InChI=1S/C11H15NO2/c1-3-4-7-12-11-8(2)9(13)5-6-10(11)14/h5-6,12H,3-4,7H2,1-2H3. The van der Waals surface area contributed by atoms with E-state index in [1.807, 2.05) is 0 Å². The molecule has 0 radical (unpaired) electrons. The first-order chi connectivity index (χ1) is 6.66. The van der Waals surface area contributed by atoms with E-state index in [1.54, 1.807) is 6.92 Å². The molecule has 0 aromatic carbocycles. The van der Waals surface area contributed by atoms with Crippen LogP contribution in [-0.4, -0.2) is 18.1 Å². The molecule has 1 aliphatic carbocycles. The maximum Gasteiger partial charge on any atom is 0.202 e. The Labute approximate surface area is 83.9 Å². The van der Waals surface area contributed by atoms with Crippen LogP contribution in [0, 0.1) is 0 Å². The lowest BCUT2D eigenvalue weighted by Crippen LogP contribution is -2.26. The van der Waals surface area contributed by atoms with Gasteiger partial charge in [-0.2, -0.15) is 0 Å². The predicted molar refractivity (Wildman–Crippen MR) is 54.8 cm³/mol. The van der Waals surface area contributed by atoms with Crippen molar-refractivity contribution in [3.05, 3.63) is 23.4 Å². The molecule has 0 saturated heterocycles. The smallest absolute Gasteiger partial charge is 0.202 e. The van der Waals surface area contributed by atoms with E-state index in [1.165, 1.54) is 12.2 Å². The number of nitrogens with one attached hydrogen (secondary N) is 1. The van der Waals surface area contributed by atoms with Crippen molar-refractivity contribution >= 4 is 11.6 Å². The predicted octanol–water partition coefficient (Wildman–Crippen LogP) is 1.36. The molecule has 1 rings (SSSR count). The molecule has 3 heteroatoms. The van der Waals surface area contributed by atoms with Gasteiger partial charge in [0, 0.05) is 12.1 Å². The number of carbonyl (C=O) groups excluding carboxylic acids is 2. The Bertz CT molecular complexity index is 313. The highest BCUT2D eigenvalue weighted by molar-refractivity contribution is 6.19. The zero-order chi connectivity index (χ0) is 10.6. The van der Waals surface area contributed by atoms with Gasteiger partial charge in [0.15, 0.2) is 5.78 Å². The summed E-state index contributed by atoms with van der Waals surface area (Å²) in [5.41, 5.74) is 0.986. The molecule has 3 nitrogen and oxygen atoms in total. The molecule has 0 aromatic rings. The molecular formula is C11H15NO2. The number of hydrogen-bond donors (Lipinski definition) is 1. The third-order valence-corrected chi connectivity index (χ3v) is 2.21. The molecule has 0 atom stereocenters. The van der Waals surface area contributed by atoms with E-state index in [9.17, 15) is 9.59 Å². The lowest BCUT2D eigenvalue weighted by Gasteiger charge is -2.13. The fourth-order valence-corrected chi connectivity index (χ4v) is 1.28. The molecule has 0 spiro atoms. The molecule has 0 aliphatic heterocycles. The van der Waals surface area contributed by atoms with Gasteiger partial charge in [-0.1, -0.05) is 13.3 Å². The topological polar surface area (TPSA) is 46.2 Å². The van der Waals surface area contributed by atoms with Gasteiger partial charge in [0.1, 0.15) is 0 Å². The van der Waals surface area contributed by atoms with Crippen molar-refractivity contribution in [2.24, 2.45) is 0 Å². The van der Waals surface area contributed by atoms with Crippen molar-refractivity contribution in [2.75, 3.05) is 6.54 Å². The Morgan fingerprint density at radius 3 is 2.50 bits per heavy atom. The van der Waals surface area contributed by atoms with Crippen LogP contribution in [0.5, 0.6) is 0 Å². The fourth-order valence-electron chi connectivity index (χ4n) is 1.28. The van der Waals surface area contributed by atoms with Crippen LogP contribution in [0.25, 0.3) is 0 Å². The van der Waals surface area contributed by atoms with Crippen LogP contribution in [0.3, 0.4) is 0 Å². The average Bonchev–Trinajstić information content (AvgIpc) is 2.18. The summed E-state index contributed by atoms with van der Waals surface area (Å²) in [5.74, 6) is -0.179. The second-order valence-electron chi connectivity index (χ2n) is 3.34. The number of rotatable bonds is 4. The lowest BCUT2D eigenvalue weighted by atomic mass is 10.0.